The lowest BCUT2D eigenvalue weighted by atomic mass is 10.1. The SMILES string of the molecule is Cc1cccc(Cn2c(=O)c(CNC3CC3)cc3ccc(C)cc32)c1. The molecule has 1 fully saturated rings. The zero-order chi connectivity index (χ0) is 17.4. The van der Waals surface area contributed by atoms with Crippen LogP contribution in [0, 0.1) is 13.8 Å². The summed E-state index contributed by atoms with van der Waals surface area (Å²) in [6, 6.07) is 17.4. The van der Waals surface area contributed by atoms with Crippen LogP contribution >= 0.6 is 0 Å². The Kier molecular flexibility index (Phi) is 4.18. The summed E-state index contributed by atoms with van der Waals surface area (Å²) in [4.78, 5) is 13.1. The highest BCUT2D eigenvalue weighted by Crippen LogP contribution is 2.21. The fraction of sp³-hybridized carbons (Fsp3) is 0.318. The first-order chi connectivity index (χ1) is 12.1. The summed E-state index contributed by atoms with van der Waals surface area (Å²) in [6.45, 7) is 5.42. The van der Waals surface area contributed by atoms with E-state index in [1.54, 1.807) is 0 Å². The van der Waals surface area contributed by atoms with Crippen LogP contribution in [0.1, 0.15) is 35.1 Å². The van der Waals surface area contributed by atoms with Gasteiger partial charge in [-0.15, -0.1) is 0 Å². The Bertz CT molecular complexity index is 983. The zero-order valence-electron chi connectivity index (χ0n) is 14.9. The summed E-state index contributed by atoms with van der Waals surface area (Å²) < 4.78 is 1.93. The van der Waals surface area contributed by atoms with E-state index in [-0.39, 0.29) is 5.56 Å². The molecule has 1 aliphatic rings. The van der Waals surface area contributed by atoms with Gasteiger partial charge in [0.2, 0.25) is 0 Å². The maximum atomic E-state index is 13.1. The van der Waals surface area contributed by atoms with Gasteiger partial charge in [-0.3, -0.25) is 4.79 Å². The monoisotopic (exact) mass is 332 g/mol. The molecule has 4 rings (SSSR count). The van der Waals surface area contributed by atoms with E-state index in [0.29, 0.717) is 19.1 Å². The second-order valence-corrected chi connectivity index (χ2v) is 7.27. The van der Waals surface area contributed by atoms with Crippen LogP contribution in [0.3, 0.4) is 0 Å². The number of nitrogens with zero attached hydrogens (tertiary/aromatic N) is 1. The van der Waals surface area contributed by atoms with Crippen molar-refractivity contribution < 1.29 is 0 Å². The van der Waals surface area contributed by atoms with Crippen molar-refractivity contribution in [2.45, 2.75) is 45.8 Å². The maximum Gasteiger partial charge on any atom is 0.255 e. The van der Waals surface area contributed by atoms with Gasteiger partial charge in [-0.2, -0.15) is 0 Å². The van der Waals surface area contributed by atoms with Crippen molar-refractivity contribution in [3.8, 4) is 0 Å². The van der Waals surface area contributed by atoms with Gasteiger partial charge in [-0.05, 0) is 55.3 Å². The number of hydrogen-bond acceptors (Lipinski definition) is 2. The van der Waals surface area contributed by atoms with Gasteiger partial charge < -0.3 is 9.88 Å². The molecule has 1 aromatic heterocycles. The average Bonchev–Trinajstić information content (AvgIpc) is 3.41. The predicted molar refractivity (Wildman–Crippen MR) is 103 cm³/mol. The Balaban J connectivity index is 1.81. The van der Waals surface area contributed by atoms with Crippen molar-refractivity contribution in [1.29, 1.82) is 0 Å². The summed E-state index contributed by atoms with van der Waals surface area (Å²) in [5.41, 5.74) is 5.55. The van der Waals surface area contributed by atoms with Crippen molar-refractivity contribution >= 4 is 10.9 Å². The van der Waals surface area contributed by atoms with Gasteiger partial charge in [-0.1, -0.05) is 42.0 Å². The van der Waals surface area contributed by atoms with E-state index in [1.807, 2.05) is 4.57 Å². The molecule has 0 amide bonds. The van der Waals surface area contributed by atoms with Crippen LogP contribution in [0.15, 0.2) is 53.3 Å². The molecular weight excluding hydrogens is 308 g/mol. The first-order valence-electron chi connectivity index (χ1n) is 9.02. The number of hydrogen-bond donors (Lipinski definition) is 1. The summed E-state index contributed by atoms with van der Waals surface area (Å²) >= 11 is 0. The van der Waals surface area contributed by atoms with E-state index in [4.69, 9.17) is 0 Å². The number of benzene rings is 2. The summed E-state index contributed by atoms with van der Waals surface area (Å²) in [7, 11) is 0. The van der Waals surface area contributed by atoms with Crippen molar-refractivity contribution in [3.05, 3.63) is 81.1 Å². The van der Waals surface area contributed by atoms with Crippen LogP contribution in [0.5, 0.6) is 0 Å². The van der Waals surface area contributed by atoms with Gasteiger partial charge in [-0.25, -0.2) is 0 Å². The van der Waals surface area contributed by atoms with E-state index >= 15 is 0 Å². The molecule has 3 heteroatoms. The zero-order valence-corrected chi connectivity index (χ0v) is 14.9. The molecule has 3 nitrogen and oxygen atoms in total. The average molecular weight is 332 g/mol. The van der Waals surface area contributed by atoms with Crippen LogP contribution in [0.2, 0.25) is 0 Å². The molecule has 1 heterocycles. The highest BCUT2D eigenvalue weighted by Gasteiger charge is 2.21. The number of fused-ring (bicyclic) bond motifs is 1. The molecule has 25 heavy (non-hydrogen) atoms. The molecular formula is C22H24N2O. The van der Waals surface area contributed by atoms with E-state index in [0.717, 1.165) is 22.0 Å². The van der Waals surface area contributed by atoms with Crippen molar-refractivity contribution in [2.24, 2.45) is 0 Å². The van der Waals surface area contributed by atoms with Crippen LogP contribution in [0.25, 0.3) is 10.9 Å². The minimum absolute atomic E-state index is 0.118. The highest BCUT2D eigenvalue weighted by molar-refractivity contribution is 5.80. The number of rotatable bonds is 5. The molecule has 0 spiro atoms. The van der Waals surface area contributed by atoms with Crippen LogP contribution < -0.4 is 10.9 Å². The standard InChI is InChI=1S/C22H24N2O/c1-15-4-3-5-17(10-15)14-24-21-11-16(2)6-7-18(21)12-19(22(24)25)13-23-20-8-9-20/h3-7,10-12,20,23H,8-9,13-14H2,1-2H3. The molecule has 0 aliphatic heterocycles. The van der Waals surface area contributed by atoms with Gasteiger partial charge >= 0.3 is 0 Å². The lowest BCUT2D eigenvalue weighted by Crippen LogP contribution is -2.28. The van der Waals surface area contributed by atoms with Gasteiger partial charge in [0.05, 0.1) is 12.1 Å². The van der Waals surface area contributed by atoms with Crippen molar-refractivity contribution in [3.63, 3.8) is 0 Å². The second-order valence-electron chi connectivity index (χ2n) is 7.27. The number of nitrogens with one attached hydrogen (secondary N) is 1. The van der Waals surface area contributed by atoms with Crippen LogP contribution in [0.4, 0.5) is 0 Å². The molecule has 1 aliphatic carbocycles. The Morgan fingerprint density at radius 2 is 1.84 bits per heavy atom. The van der Waals surface area contributed by atoms with Gasteiger partial charge in [0.15, 0.2) is 0 Å². The predicted octanol–water partition coefficient (Wildman–Crippen LogP) is 3.92. The van der Waals surface area contributed by atoms with Crippen molar-refractivity contribution in [1.82, 2.24) is 9.88 Å². The molecule has 0 unspecified atom stereocenters. The van der Waals surface area contributed by atoms with Gasteiger partial charge in [0, 0.05) is 18.2 Å². The summed E-state index contributed by atoms with van der Waals surface area (Å²) in [5, 5.41) is 4.61. The fourth-order valence-corrected chi connectivity index (χ4v) is 3.36. The Morgan fingerprint density at radius 3 is 2.60 bits per heavy atom. The highest BCUT2D eigenvalue weighted by atomic mass is 16.1. The molecule has 0 bridgehead atoms. The largest absolute Gasteiger partial charge is 0.310 e. The number of aryl methyl sites for hydroxylation is 2. The summed E-state index contributed by atoms with van der Waals surface area (Å²) in [5.74, 6) is 0. The maximum absolute atomic E-state index is 13.1. The van der Waals surface area contributed by atoms with E-state index in [9.17, 15) is 4.79 Å². The van der Waals surface area contributed by atoms with E-state index < -0.39 is 0 Å². The Morgan fingerprint density at radius 1 is 1.04 bits per heavy atom. The molecule has 0 atom stereocenters. The third-order valence-corrected chi connectivity index (χ3v) is 4.91. The first-order valence-corrected chi connectivity index (χ1v) is 9.02. The van der Waals surface area contributed by atoms with Crippen LogP contribution in [-0.4, -0.2) is 10.6 Å². The molecule has 2 aromatic carbocycles. The molecule has 128 valence electrons. The normalized spacial score (nSPS) is 14.2. The second kappa shape index (κ2) is 6.49. The van der Waals surface area contributed by atoms with Gasteiger partial charge in [0.1, 0.15) is 0 Å². The molecule has 0 radical (unpaired) electrons. The van der Waals surface area contributed by atoms with Crippen LogP contribution in [-0.2, 0) is 13.1 Å². The van der Waals surface area contributed by atoms with Crippen molar-refractivity contribution in [2.75, 3.05) is 0 Å². The van der Waals surface area contributed by atoms with E-state index in [2.05, 4.69) is 67.7 Å². The van der Waals surface area contributed by atoms with Gasteiger partial charge in [0.25, 0.3) is 5.56 Å². The lowest BCUT2D eigenvalue weighted by Gasteiger charge is -2.14. The topological polar surface area (TPSA) is 34.0 Å². The first kappa shape index (κ1) is 16.1. The molecule has 1 N–H and O–H groups in total. The number of pyridine rings is 1. The third kappa shape index (κ3) is 3.52. The lowest BCUT2D eigenvalue weighted by molar-refractivity contribution is 0.671. The molecule has 3 aromatic rings. The smallest absolute Gasteiger partial charge is 0.255 e. The third-order valence-electron chi connectivity index (χ3n) is 4.91. The fourth-order valence-electron chi connectivity index (χ4n) is 3.36. The Hall–Kier alpha value is -2.39. The quantitative estimate of drug-likeness (QED) is 0.768. The Labute approximate surface area is 148 Å². The number of aromatic nitrogens is 1. The van der Waals surface area contributed by atoms with E-state index in [1.165, 1.54) is 24.0 Å². The minimum Gasteiger partial charge on any atom is -0.310 e. The summed E-state index contributed by atoms with van der Waals surface area (Å²) in [6.07, 6.45) is 2.45. The minimum atomic E-state index is 0.118. The molecule has 0 saturated heterocycles. The molecule has 1 saturated carbocycles.